The van der Waals surface area contributed by atoms with Crippen LogP contribution in [0.4, 0.5) is 0 Å². The van der Waals surface area contributed by atoms with Crippen molar-refractivity contribution in [2.24, 2.45) is 0 Å². The molecule has 0 spiro atoms. The Kier molecular flexibility index (Phi) is 4.31. The first-order valence-electron chi connectivity index (χ1n) is 6.10. The van der Waals surface area contributed by atoms with E-state index < -0.39 is 0 Å². The number of Topliss-reactive ketones (excluding diaryl/α,β-unsaturated/α-hetero) is 1. The quantitative estimate of drug-likeness (QED) is 0.482. The first-order valence-corrected chi connectivity index (χ1v) is 6.10. The van der Waals surface area contributed by atoms with E-state index in [0.29, 0.717) is 5.56 Å². The number of nitrogens with zero attached hydrogens (tertiary/aromatic N) is 1. The summed E-state index contributed by atoms with van der Waals surface area (Å²) in [4.78, 5) is 12.2. The molecule has 0 amide bonds. The molecule has 0 aliphatic heterocycles. The molecule has 0 fully saturated rings. The number of rotatable bonds is 4. The number of allylic oxidation sites excluding steroid dienone is 1. The van der Waals surface area contributed by atoms with Gasteiger partial charge in [-0.05, 0) is 23.8 Å². The largest absolute Gasteiger partial charge is 0.497 e. The van der Waals surface area contributed by atoms with Gasteiger partial charge in [-0.25, -0.2) is 0 Å². The minimum Gasteiger partial charge on any atom is -0.497 e. The summed E-state index contributed by atoms with van der Waals surface area (Å²) in [5.41, 5.74) is 1.40. The van der Waals surface area contributed by atoms with Gasteiger partial charge in [-0.1, -0.05) is 42.5 Å². The highest BCUT2D eigenvalue weighted by Crippen LogP contribution is 2.16. The summed E-state index contributed by atoms with van der Waals surface area (Å²) in [7, 11) is 1.59. The summed E-state index contributed by atoms with van der Waals surface area (Å²) in [6, 6.07) is 17.9. The van der Waals surface area contributed by atoms with Gasteiger partial charge in [-0.3, -0.25) is 4.79 Å². The zero-order valence-corrected chi connectivity index (χ0v) is 11.0. The molecule has 0 saturated carbocycles. The lowest BCUT2D eigenvalue weighted by atomic mass is 10.0. The first-order chi connectivity index (χ1) is 9.74. The van der Waals surface area contributed by atoms with Crippen LogP contribution in [0.1, 0.15) is 15.9 Å². The second kappa shape index (κ2) is 6.35. The topological polar surface area (TPSA) is 50.1 Å². The molecule has 0 bridgehead atoms. The molecule has 2 aromatic rings. The van der Waals surface area contributed by atoms with E-state index in [2.05, 4.69) is 0 Å². The van der Waals surface area contributed by atoms with Gasteiger partial charge in [-0.15, -0.1) is 0 Å². The number of hydrogen-bond acceptors (Lipinski definition) is 3. The van der Waals surface area contributed by atoms with Crippen molar-refractivity contribution in [3.05, 3.63) is 71.3 Å². The predicted molar refractivity (Wildman–Crippen MR) is 77.4 cm³/mol. The molecule has 3 nitrogen and oxygen atoms in total. The van der Waals surface area contributed by atoms with Crippen LogP contribution in [0.15, 0.2) is 60.2 Å². The van der Waals surface area contributed by atoms with Crippen molar-refractivity contribution < 1.29 is 9.53 Å². The lowest BCUT2D eigenvalue weighted by Gasteiger charge is -2.01. The summed E-state index contributed by atoms with van der Waals surface area (Å²) in [5, 5.41) is 9.16. The summed E-state index contributed by atoms with van der Waals surface area (Å²) < 4.78 is 5.06. The number of ether oxygens (including phenoxy) is 1. The van der Waals surface area contributed by atoms with Crippen LogP contribution in [-0.2, 0) is 0 Å². The molecule has 0 saturated heterocycles. The minimum atomic E-state index is -0.274. The van der Waals surface area contributed by atoms with Gasteiger partial charge in [0, 0.05) is 5.56 Å². The molecule has 98 valence electrons. The Bertz CT molecular complexity index is 664. The number of ketones is 1. The highest BCUT2D eigenvalue weighted by atomic mass is 16.5. The number of carbonyl (C=O) groups is 1. The molecule has 0 aliphatic carbocycles. The zero-order chi connectivity index (χ0) is 14.4. The third-order valence-electron chi connectivity index (χ3n) is 2.83. The zero-order valence-electron chi connectivity index (χ0n) is 11.0. The molecular formula is C17H13NO2. The molecule has 2 aromatic carbocycles. The highest BCUT2D eigenvalue weighted by molar-refractivity contribution is 6.13. The lowest BCUT2D eigenvalue weighted by molar-refractivity contribution is 0.104. The van der Waals surface area contributed by atoms with Crippen molar-refractivity contribution in [3.63, 3.8) is 0 Å². The molecule has 0 aliphatic rings. The normalized spacial score (nSPS) is 10.7. The molecule has 0 heterocycles. The minimum absolute atomic E-state index is 0.112. The molecule has 0 unspecified atom stereocenters. The fourth-order valence-corrected chi connectivity index (χ4v) is 1.76. The molecule has 2 rings (SSSR count). The summed E-state index contributed by atoms with van der Waals surface area (Å²) >= 11 is 0. The number of benzene rings is 2. The van der Waals surface area contributed by atoms with E-state index in [0.717, 1.165) is 11.3 Å². The Morgan fingerprint density at radius 1 is 1.10 bits per heavy atom. The predicted octanol–water partition coefficient (Wildman–Crippen LogP) is 3.49. The van der Waals surface area contributed by atoms with Crippen LogP contribution in [0.2, 0.25) is 0 Å². The second-order valence-electron chi connectivity index (χ2n) is 4.14. The van der Waals surface area contributed by atoms with Crippen LogP contribution >= 0.6 is 0 Å². The fourth-order valence-electron chi connectivity index (χ4n) is 1.76. The second-order valence-corrected chi connectivity index (χ2v) is 4.14. The molecule has 0 radical (unpaired) electrons. The molecule has 0 atom stereocenters. The third kappa shape index (κ3) is 3.12. The van der Waals surface area contributed by atoms with Crippen molar-refractivity contribution >= 4 is 11.9 Å². The van der Waals surface area contributed by atoms with Gasteiger partial charge in [-0.2, -0.15) is 5.26 Å². The smallest absolute Gasteiger partial charge is 0.203 e. The van der Waals surface area contributed by atoms with Gasteiger partial charge in [0.05, 0.1) is 7.11 Å². The summed E-state index contributed by atoms with van der Waals surface area (Å²) in [6.07, 6.45) is 1.58. The van der Waals surface area contributed by atoms with Crippen molar-refractivity contribution in [1.82, 2.24) is 0 Å². The SMILES string of the molecule is COc1ccc(/C=C(/C#N)C(=O)c2ccccc2)cc1. The van der Waals surface area contributed by atoms with Gasteiger partial charge >= 0.3 is 0 Å². The Hall–Kier alpha value is -2.86. The molecule has 3 heteroatoms. The molecular weight excluding hydrogens is 250 g/mol. The van der Waals surface area contributed by atoms with Crippen LogP contribution in [-0.4, -0.2) is 12.9 Å². The van der Waals surface area contributed by atoms with Gasteiger partial charge < -0.3 is 4.74 Å². The number of hydrogen-bond donors (Lipinski definition) is 0. The van der Waals surface area contributed by atoms with Gasteiger partial charge in [0.1, 0.15) is 17.4 Å². The van der Waals surface area contributed by atoms with Gasteiger partial charge in [0.15, 0.2) is 0 Å². The third-order valence-corrected chi connectivity index (χ3v) is 2.83. The Morgan fingerprint density at radius 3 is 2.30 bits per heavy atom. The van der Waals surface area contributed by atoms with E-state index in [9.17, 15) is 4.79 Å². The standard InChI is InChI=1S/C17H13NO2/c1-20-16-9-7-13(8-10-16)11-15(12-18)17(19)14-5-3-2-4-6-14/h2-11H,1H3/b15-11-. The van der Waals surface area contributed by atoms with Crippen LogP contribution in [0.25, 0.3) is 6.08 Å². The maximum atomic E-state index is 12.2. The van der Waals surface area contributed by atoms with Gasteiger partial charge in [0.25, 0.3) is 0 Å². The van der Waals surface area contributed by atoms with E-state index >= 15 is 0 Å². The average molecular weight is 263 g/mol. The monoisotopic (exact) mass is 263 g/mol. The Balaban J connectivity index is 2.30. The van der Waals surface area contributed by atoms with E-state index in [4.69, 9.17) is 10.00 Å². The Labute approximate surface area is 117 Å². The van der Waals surface area contributed by atoms with E-state index in [1.807, 2.05) is 12.1 Å². The van der Waals surface area contributed by atoms with Crippen molar-refractivity contribution in [1.29, 1.82) is 5.26 Å². The fraction of sp³-hybridized carbons (Fsp3) is 0.0588. The lowest BCUT2D eigenvalue weighted by Crippen LogP contribution is -2.01. The van der Waals surface area contributed by atoms with Crippen molar-refractivity contribution in [3.8, 4) is 11.8 Å². The summed E-state index contributed by atoms with van der Waals surface area (Å²) in [6.45, 7) is 0. The van der Waals surface area contributed by atoms with E-state index in [1.165, 1.54) is 0 Å². The number of nitriles is 1. The van der Waals surface area contributed by atoms with Crippen molar-refractivity contribution in [2.45, 2.75) is 0 Å². The average Bonchev–Trinajstić information content (AvgIpc) is 2.53. The van der Waals surface area contributed by atoms with Crippen LogP contribution in [0.3, 0.4) is 0 Å². The number of carbonyl (C=O) groups excluding carboxylic acids is 1. The maximum Gasteiger partial charge on any atom is 0.203 e. The van der Waals surface area contributed by atoms with Crippen LogP contribution in [0, 0.1) is 11.3 Å². The van der Waals surface area contributed by atoms with Crippen molar-refractivity contribution in [2.75, 3.05) is 7.11 Å². The first kappa shape index (κ1) is 13.6. The summed E-state index contributed by atoms with van der Waals surface area (Å²) in [5.74, 6) is 0.457. The van der Waals surface area contributed by atoms with Crippen LogP contribution < -0.4 is 4.74 Å². The van der Waals surface area contributed by atoms with Crippen LogP contribution in [0.5, 0.6) is 5.75 Å². The van der Waals surface area contributed by atoms with Gasteiger partial charge in [0.2, 0.25) is 5.78 Å². The van der Waals surface area contributed by atoms with E-state index in [1.54, 1.807) is 61.7 Å². The maximum absolute atomic E-state index is 12.2. The van der Waals surface area contributed by atoms with E-state index in [-0.39, 0.29) is 11.4 Å². The molecule has 0 N–H and O–H groups in total. The molecule has 20 heavy (non-hydrogen) atoms. The number of methoxy groups -OCH3 is 1. The molecule has 0 aromatic heterocycles. The Morgan fingerprint density at radius 2 is 1.75 bits per heavy atom. The highest BCUT2D eigenvalue weighted by Gasteiger charge is 2.11.